The maximum absolute atomic E-state index is 13.9. The SMILES string of the molecule is C=C1C[C@@H](c2nc3ccc(C#Cc4ccc(-c5cnc([C@@H]6CCCN6C(=O)C6CCC(N(CC)CC)CC6)[nH]5)cc4)cc3[nH]2)N(C(=O)C2CCC(N(CC)CC)CC2)C1. The average Bonchev–Trinajstić information content (AvgIpc) is 4.10. The summed E-state index contributed by atoms with van der Waals surface area (Å²) >= 11 is 0. The fourth-order valence-electron chi connectivity index (χ4n) is 10.7. The first-order valence-electron chi connectivity index (χ1n) is 22.7. The van der Waals surface area contributed by atoms with Crippen molar-refractivity contribution in [3.63, 3.8) is 0 Å². The third kappa shape index (κ3) is 8.79. The third-order valence-electron chi connectivity index (χ3n) is 14.1. The van der Waals surface area contributed by atoms with Crippen molar-refractivity contribution in [1.82, 2.24) is 39.5 Å². The molecule has 0 radical (unpaired) electrons. The number of hydrogen-bond acceptors (Lipinski definition) is 6. The van der Waals surface area contributed by atoms with Crippen molar-refractivity contribution >= 4 is 22.8 Å². The molecule has 2 N–H and O–H groups in total. The summed E-state index contributed by atoms with van der Waals surface area (Å²) in [4.78, 5) is 53.8. The molecule has 2 aromatic carbocycles. The highest BCUT2D eigenvalue weighted by Gasteiger charge is 2.40. The van der Waals surface area contributed by atoms with E-state index < -0.39 is 0 Å². The number of carbonyl (C=O) groups excluding carboxylic acids is 2. The van der Waals surface area contributed by atoms with Gasteiger partial charge in [-0.05, 0) is 133 Å². The Labute approximate surface area is 351 Å². The minimum atomic E-state index is -0.117. The summed E-state index contributed by atoms with van der Waals surface area (Å²) in [6, 6.07) is 15.4. The lowest BCUT2D eigenvalue weighted by Gasteiger charge is -2.37. The molecular formula is C49H64N8O2. The van der Waals surface area contributed by atoms with Crippen LogP contribution in [0.2, 0.25) is 0 Å². The summed E-state index contributed by atoms with van der Waals surface area (Å²) < 4.78 is 0. The van der Waals surface area contributed by atoms with E-state index in [-0.39, 0.29) is 29.8 Å². The van der Waals surface area contributed by atoms with Crippen LogP contribution in [0.1, 0.15) is 133 Å². The summed E-state index contributed by atoms with van der Waals surface area (Å²) in [7, 11) is 0. The van der Waals surface area contributed by atoms with E-state index in [1.54, 1.807) is 0 Å². The lowest BCUT2D eigenvalue weighted by Crippen LogP contribution is -2.42. The van der Waals surface area contributed by atoms with Gasteiger partial charge in [0.1, 0.15) is 11.6 Å². The Hall–Kier alpha value is -4.72. The van der Waals surface area contributed by atoms with Gasteiger partial charge in [-0.25, -0.2) is 9.97 Å². The van der Waals surface area contributed by atoms with E-state index >= 15 is 0 Å². The summed E-state index contributed by atoms with van der Waals surface area (Å²) in [6.07, 6.45) is 12.9. The average molecular weight is 797 g/mol. The minimum absolute atomic E-state index is 0.0110. The Bertz CT molecular complexity index is 2150. The zero-order chi connectivity index (χ0) is 41.0. The number of nitrogens with zero attached hydrogens (tertiary/aromatic N) is 6. The van der Waals surface area contributed by atoms with Crippen LogP contribution in [0.25, 0.3) is 22.3 Å². The second-order valence-corrected chi connectivity index (χ2v) is 17.4. The summed E-state index contributed by atoms with van der Waals surface area (Å²) in [5, 5.41) is 0. The Balaban J connectivity index is 0.886. The van der Waals surface area contributed by atoms with Crippen molar-refractivity contribution in [2.24, 2.45) is 11.8 Å². The molecule has 2 amide bonds. The largest absolute Gasteiger partial charge is 0.340 e. The molecule has 4 heterocycles. The summed E-state index contributed by atoms with van der Waals surface area (Å²) in [6.45, 7) is 18.9. The number of amides is 2. The van der Waals surface area contributed by atoms with Crippen LogP contribution >= 0.6 is 0 Å². The van der Waals surface area contributed by atoms with Crippen molar-refractivity contribution < 1.29 is 9.59 Å². The number of H-pyrrole nitrogens is 2. The van der Waals surface area contributed by atoms with Crippen LogP contribution in [0, 0.1) is 23.7 Å². The number of aromatic amines is 2. The topological polar surface area (TPSA) is 104 Å². The summed E-state index contributed by atoms with van der Waals surface area (Å²) in [5.74, 6) is 9.16. The van der Waals surface area contributed by atoms with Crippen LogP contribution in [0.5, 0.6) is 0 Å². The van der Waals surface area contributed by atoms with E-state index in [2.05, 4.69) is 89.0 Å². The van der Waals surface area contributed by atoms with Gasteiger partial charge in [0.05, 0.1) is 35.0 Å². The molecular weight excluding hydrogens is 733 g/mol. The Morgan fingerprint density at radius 3 is 1.95 bits per heavy atom. The fourth-order valence-corrected chi connectivity index (χ4v) is 10.7. The van der Waals surface area contributed by atoms with Crippen molar-refractivity contribution in [2.45, 2.75) is 122 Å². The van der Waals surface area contributed by atoms with Gasteiger partial charge in [0.25, 0.3) is 0 Å². The highest BCUT2D eigenvalue weighted by molar-refractivity contribution is 5.81. The molecule has 59 heavy (non-hydrogen) atoms. The van der Waals surface area contributed by atoms with Gasteiger partial charge in [-0.2, -0.15) is 0 Å². The van der Waals surface area contributed by atoms with Crippen LogP contribution < -0.4 is 0 Å². The standard InChI is InChI=1S/C49H64N8O2/c1-6-54(7-2)39-23-19-37(20-24-39)48(58)56-28-10-11-44(56)46-50-31-43(53-46)36-17-14-34(15-18-36)12-13-35-16-27-41-42(30-35)52-47(51-41)45-29-33(5)32-57(45)49(59)38-21-25-40(26-22-38)55(8-3)9-4/h14-18,27,30-31,37-40,44-45H,5-11,19-26,28-29,32H2,1-4H3,(H,50,53)(H,51,52)/t37?,38?,39?,40?,44-,45-/m0/s1. The molecule has 10 heteroatoms. The number of likely N-dealkylation sites (tertiary alicyclic amines) is 2. The van der Waals surface area contributed by atoms with Gasteiger partial charge in [-0.15, -0.1) is 0 Å². The molecule has 2 aliphatic carbocycles. The molecule has 4 aromatic rings. The molecule has 0 spiro atoms. The van der Waals surface area contributed by atoms with Gasteiger partial charge in [0, 0.05) is 48.1 Å². The van der Waals surface area contributed by atoms with Crippen LogP contribution in [0.15, 0.2) is 60.8 Å². The second-order valence-electron chi connectivity index (χ2n) is 17.4. The van der Waals surface area contributed by atoms with E-state index in [9.17, 15) is 9.59 Å². The Morgan fingerprint density at radius 2 is 1.32 bits per heavy atom. The molecule has 2 aliphatic heterocycles. The molecule has 10 nitrogen and oxygen atoms in total. The highest BCUT2D eigenvalue weighted by Crippen LogP contribution is 2.39. The fraction of sp³-hybridized carbons (Fsp3) is 0.551. The van der Waals surface area contributed by atoms with Crippen LogP contribution in [0.4, 0.5) is 0 Å². The van der Waals surface area contributed by atoms with Crippen molar-refractivity contribution in [3.8, 4) is 23.1 Å². The monoisotopic (exact) mass is 797 g/mol. The maximum Gasteiger partial charge on any atom is 0.226 e. The number of rotatable bonds is 11. The van der Waals surface area contributed by atoms with Gasteiger partial charge in [-0.3, -0.25) is 9.59 Å². The van der Waals surface area contributed by atoms with E-state index in [1.165, 1.54) is 0 Å². The molecule has 2 atom stereocenters. The smallest absolute Gasteiger partial charge is 0.226 e. The zero-order valence-corrected chi connectivity index (χ0v) is 35.8. The number of hydrogen-bond donors (Lipinski definition) is 2. The maximum atomic E-state index is 13.9. The van der Waals surface area contributed by atoms with Gasteiger partial charge in [0.15, 0.2) is 0 Å². The molecule has 2 saturated heterocycles. The number of fused-ring (bicyclic) bond motifs is 1. The highest BCUT2D eigenvalue weighted by atomic mass is 16.2. The van der Waals surface area contributed by atoms with Gasteiger partial charge < -0.3 is 29.6 Å². The third-order valence-corrected chi connectivity index (χ3v) is 14.1. The van der Waals surface area contributed by atoms with E-state index in [0.29, 0.717) is 24.5 Å². The van der Waals surface area contributed by atoms with Crippen LogP contribution in [-0.4, -0.2) is 103 Å². The molecule has 2 aromatic heterocycles. The molecule has 312 valence electrons. The lowest BCUT2D eigenvalue weighted by molar-refractivity contribution is -0.138. The summed E-state index contributed by atoms with van der Waals surface area (Å²) in [5.41, 5.74) is 6.70. The molecule has 2 saturated carbocycles. The Morgan fingerprint density at radius 1 is 0.729 bits per heavy atom. The number of carbonyl (C=O) groups is 2. The van der Waals surface area contributed by atoms with Gasteiger partial charge in [0.2, 0.25) is 11.8 Å². The molecule has 4 aliphatic rings. The second kappa shape index (κ2) is 18.3. The van der Waals surface area contributed by atoms with Crippen LogP contribution in [-0.2, 0) is 9.59 Å². The Kier molecular flexibility index (Phi) is 12.7. The first-order chi connectivity index (χ1) is 28.8. The number of imidazole rings is 2. The van der Waals surface area contributed by atoms with Crippen molar-refractivity contribution in [3.05, 3.63) is 83.6 Å². The van der Waals surface area contributed by atoms with Crippen LogP contribution in [0.3, 0.4) is 0 Å². The first-order valence-corrected chi connectivity index (χ1v) is 22.7. The van der Waals surface area contributed by atoms with Gasteiger partial charge in [-0.1, -0.05) is 63.8 Å². The van der Waals surface area contributed by atoms with Gasteiger partial charge >= 0.3 is 0 Å². The normalized spacial score (nSPS) is 24.9. The first kappa shape index (κ1) is 41.0. The molecule has 0 bridgehead atoms. The van der Waals surface area contributed by atoms with E-state index in [1.807, 2.05) is 35.4 Å². The number of aromatic nitrogens is 4. The molecule has 8 rings (SSSR count). The predicted molar refractivity (Wildman–Crippen MR) is 235 cm³/mol. The van der Waals surface area contributed by atoms with Crippen molar-refractivity contribution in [2.75, 3.05) is 39.3 Å². The van der Waals surface area contributed by atoms with E-state index in [4.69, 9.17) is 9.97 Å². The minimum Gasteiger partial charge on any atom is -0.340 e. The number of benzene rings is 2. The molecule has 0 unspecified atom stereocenters. The number of nitrogens with one attached hydrogen (secondary N) is 2. The zero-order valence-electron chi connectivity index (χ0n) is 35.8. The van der Waals surface area contributed by atoms with Crippen molar-refractivity contribution in [1.29, 1.82) is 0 Å². The lowest BCUT2D eigenvalue weighted by atomic mass is 9.84. The predicted octanol–water partition coefficient (Wildman–Crippen LogP) is 8.65. The molecule has 4 fully saturated rings. The van der Waals surface area contributed by atoms with E-state index in [0.717, 1.165) is 154 Å². The quantitative estimate of drug-likeness (QED) is 0.116.